The predicted octanol–water partition coefficient (Wildman–Crippen LogP) is 0.703. The summed E-state index contributed by atoms with van der Waals surface area (Å²) in [4.78, 5) is 0. The first-order valence-corrected chi connectivity index (χ1v) is 7.80. The third kappa shape index (κ3) is 2.71. The molecule has 0 bridgehead atoms. The number of rotatable bonds is 4. The van der Waals surface area contributed by atoms with Crippen LogP contribution in [-0.2, 0) is 19.8 Å². The molecule has 0 spiro atoms. The van der Waals surface area contributed by atoms with Gasteiger partial charge in [0.15, 0.2) is 5.16 Å². The van der Waals surface area contributed by atoms with Crippen molar-refractivity contribution in [2.75, 3.05) is 13.1 Å². The van der Waals surface area contributed by atoms with E-state index in [0.717, 1.165) is 35.6 Å². The molecular formula is C12H19N7S. The molecule has 1 fully saturated rings. The minimum absolute atomic E-state index is 0.477. The van der Waals surface area contributed by atoms with E-state index in [1.54, 1.807) is 18.1 Å². The van der Waals surface area contributed by atoms with E-state index >= 15 is 0 Å². The second-order valence-corrected chi connectivity index (χ2v) is 6.03. The first-order valence-electron chi connectivity index (χ1n) is 6.81. The summed E-state index contributed by atoms with van der Waals surface area (Å²) < 4.78 is 4.04. The maximum absolute atomic E-state index is 4.37. The molecule has 0 amide bonds. The van der Waals surface area contributed by atoms with Gasteiger partial charge in [-0.25, -0.2) is 0 Å². The van der Waals surface area contributed by atoms with Crippen molar-refractivity contribution < 1.29 is 0 Å². The predicted molar refractivity (Wildman–Crippen MR) is 76.4 cm³/mol. The van der Waals surface area contributed by atoms with Crippen molar-refractivity contribution in [3.63, 3.8) is 0 Å². The van der Waals surface area contributed by atoms with Crippen LogP contribution < -0.4 is 5.32 Å². The minimum Gasteiger partial charge on any atom is -0.320 e. The fourth-order valence-electron chi connectivity index (χ4n) is 2.45. The fraction of sp³-hybridized carbons (Fsp3) is 0.667. The highest BCUT2D eigenvalue weighted by Crippen LogP contribution is 2.26. The van der Waals surface area contributed by atoms with Gasteiger partial charge in [-0.1, -0.05) is 11.8 Å². The zero-order valence-electron chi connectivity index (χ0n) is 11.8. The molecule has 1 N–H and O–H groups in total. The van der Waals surface area contributed by atoms with Crippen LogP contribution in [0, 0.1) is 0 Å². The van der Waals surface area contributed by atoms with Crippen molar-refractivity contribution in [2.24, 2.45) is 14.1 Å². The summed E-state index contributed by atoms with van der Waals surface area (Å²) in [6, 6.07) is 0. The van der Waals surface area contributed by atoms with Crippen molar-refractivity contribution in [1.29, 1.82) is 0 Å². The number of nitrogens with one attached hydrogen (secondary N) is 1. The molecule has 3 rings (SSSR count). The number of piperidine rings is 1. The van der Waals surface area contributed by atoms with E-state index < -0.39 is 0 Å². The summed E-state index contributed by atoms with van der Waals surface area (Å²) in [6.45, 7) is 2.11. The lowest BCUT2D eigenvalue weighted by Crippen LogP contribution is -2.29. The van der Waals surface area contributed by atoms with E-state index in [9.17, 15) is 0 Å². The SMILES string of the molecule is Cn1cnnc1CSc1nnc([C@@H]2CCCNC2)n1C. The van der Waals surface area contributed by atoms with E-state index in [-0.39, 0.29) is 0 Å². The van der Waals surface area contributed by atoms with Gasteiger partial charge >= 0.3 is 0 Å². The Morgan fingerprint density at radius 2 is 2.25 bits per heavy atom. The molecule has 0 aromatic carbocycles. The van der Waals surface area contributed by atoms with E-state index in [1.165, 1.54) is 12.8 Å². The van der Waals surface area contributed by atoms with Crippen molar-refractivity contribution in [2.45, 2.75) is 29.7 Å². The highest BCUT2D eigenvalue weighted by molar-refractivity contribution is 7.98. The summed E-state index contributed by atoms with van der Waals surface area (Å²) in [5, 5.41) is 21.0. The number of hydrogen-bond acceptors (Lipinski definition) is 6. The van der Waals surface area contributed by atoms with Crippen molar-refractivity contribution in [1.82, 2.24) is 34.8 Å². The van der Waals surface area contributed by atoms with Gasteiger partial charge in [-0.05, 0) is 19.4 Å². The Morgan fingerprint density at radius 3 is 2.95 bits per heavy atom. The van der Waals surface area contributed by atoms with Gasteiger partial charge in [0.1, 0.15) is 18.0 Å². The molecule has 1 aliphatic heterocycles. The Kier molecular flexibility index (Phi) is 4.02. The van der Waals surface area contributed by atoms with Gasteiger partial charge in [-0.3, -0.25) is 0 Å². The number of thioether (sulfide) groups is 1. The lowest BCUT2D eigenvalue weighted by Gasteiger charge is -2.21. The van der Waals surface area contributed by atoms with Gasteiger partial charge in [0, 0.05) is 26.6 Å². The number of hydrogen-bond donors (Lipinski definition) is 1. The van der Waals surface area contributed by atoms with E-state index in [4.69, 9.17) is 0 Å². The first-order chi connectivity index (χ1) is 9.75. The maximum Gasteiger partial charge on any atom is 0.191 e. The summed E-state index contributed by atoms with van der Waals surface area (Å²) in [6.07, 6.45) is 4.11. The van der Waals surface area contributed by atoms with Gasteiger partial charge < -0.3 is 14.5 Å². The number of aryl methyl sites for hydroxylation is 1. The smallest absolute Gasteiger partial charge is 0.191 e. The van der Waals surface area contributed by atoms with Crippen LogP contribution in [-0.4, -0.2) is 42.6 Å². The van der Waals surface area contributed by atoms with Crippen LogP contribution in [0.1, 0.15) is 30.4 Å². The van der Waals surface area contributed by atoms with Crippen LogP contribution in [0.5, 0.6) is 0 Å². The highest BCUT2D eigenvalue weighted by atomic mass is 32.2. The Hall–Kier alpha value is -1.41. The third-order valence-electron chi connectivity index (χ3n) is 3.67. The lowest BCUT2D eigenvalue weighted by atomic mass is 9.99. The van der Waals surface area contributed by atoms with Crippen LogP contribution in [0.2, 0.25) is 0 Å². The van der Waals surface area contributed by atoms with E-state index in [1.807, 2.05) is 18.7 Å². The molecule has 0 unspecified atom stereocenters. The highest BCUT2D eigenvalue weighted by Gasteiger charge is 2.21. The Balaban J connectivity index is 1.68. The van der Waals surface area contributed by atoms with Gasteiger partial charge in [0.05, 0.1) is 5.75 Å². The zero-order valence-corrected chi connectivity index (χ0v) is 12.6. The minimum atomic E-state index is 0.477. The molecule has 0 saturated carbocycles. The molecule has 3 heterocycles. The molecule has 0 aliphatic carbocycles. The van der Waals surface area contributed by atoms with E-state index in [0.29, 0.717) is 5.92 Å². The number of aromatic nitrogens is 6. The van der Waals surface area contributed by atoms with Crippen molar-refractivity contribution in [3.8, 4) is 0 Å². The summed E-state index contributed by atoms with van der Waals surface area (Å²) in [5.74, 6) is 3.26. The fourth-order valence-corrected chi connectivity index (χ4v) is 3.35. The quantitative estimate of drug-likeness (QED) is 0.837. The molecule has 7 nitrogen and oxygen atoms in total. The topological polar surface area (TPSA) is 73.4 Å². The van der Waals surface area contributed by atoms with Crippen molar-refractivity contribution >= 4 is 11.8 Å². The molecular weight excluding hydrogens is 274 g/mol. The Bertz CT molecular complexity index is 570. The molecule has 20 heavy (non-hydrogen) atoms. The van der Waals surface area contributed by atoms with Crippen LogP contribution in [0.3, 0.4) is 0 Å². The second kappa shape index (κ2) is 5.92. The Morgan fingerprint density at radius 1 is 1.35 bits per heavy atom. The largest absolute Gasteiger partial charge is 0.320 e. The molecule has 2 aromatic rings. The molecule has 0 radical (unpaired) electrons. The Labute approximate surface area is 122 Å². The summed E-state index contributed by atoms with van der Waals surface area (Å²) in [5.41, 5.74) is 0. The standard InChI is InChI=1S/C12H19N7S/c1-18-8-14-15-10(18)7-20-12-17-16-11(19(12)2)9-4-3-5-13-6-9/h8-9,13H,3-7H2,1-2H3/t9-/m1/s1. The normalized spacial score (nSPS) is 19.4. The maximum atomic E-state index is 4.37. The second-order valence-electron chi connectivity index (χ2n) is 5.09. The average Bonchev–Trinajstić information content (AvgIpc) is 3.04. The lowest BCUT2D eigenvalue weighted by molar-refractivity contribution is 0.436. The summed E-state index contributed by atoms with van der Waals surface area (Å²) >= 11 is 1.65. The molecule has 1 atom stereocenters. The van der Waals surface area contributed by atoms with Crippen molar-refractivity contribution in [3.05, 3.63) is 18.0 Å². The van der Waals surface area contributed by atoms with Crippen LogP contribution in [0.25, 0.3) is 0 Å². The molecule has 108 valence electrons. The van der Waals surface area contributed by atoms with Crippen LogP contribution >= 0.6 is 11.8 Å². The first kappa shape index (κ1) is 13.6. The van der Waals surface area contributed by atoms with Gasteiger partial charge in [-0.2, -0.15) is 0 Å². The summed E-state index contributed by atoms with van der Waals surface area (Å²) in [7, 11) is 3.99. The monoisotopic (exact) mass is 293 g/mol. The van der Waals surface area contributed by atoms with Crippen LogP contribution in [0.4, 0.5) is 0 Å². The van der Waals surface area contributed by atoms with Gasteiger partial charge in [-0.15, -0.1) is 20.4 Å². The van der Waals surface area contributed by atoms with Gasteiger partial charge in [0.2, 0.25) is 0 Å². The third-order valence-corrected chi connectivity index (χ3v) is 4.68. The number of nitrogens with zero attached hydrogens (tertiary/aromatic N) is 6. The molecule has 8 heteroatoms. The molecule has 2 aromatic heterocycles. The average molecular weight is 293 g/mol. The molecule has 1 aliphatic rings. The van der Waals surface area contributed by atoms with Crippen LogP contribution in [0.15, 0.2) is 11.5 Å². The molecule has 1 saturated heterocycles. The van der Waals surface area contributed by atoms with E-state index in [2.05, 4.69) is 30.3 Å². The zero-order chi connectivity index (χ0) is 13.9. The van der Waals surface area contributed by atoms with Gasteiger partial charge in [0.25, 0.3) is 0 Å².